The van der Waals surface area contributed by atoms with E-state index in [0.29, 0.717) is 31.2 Å². The maximum Gasteiger partial charge on any atom is 0.236 e. The van der Waals surface area contributed by atoms with Gasteiger partial charge in [0.25, 0.3) is 0 Å². The Labute approximate surface area is 159 Å². The minimum absolute atomic E-state index is 0. The van der Waals surface area contributed by atoms with Gasteiger partial charge in [-0.05, 0) is 44.4 Å². The van der Waals surface area contributed by atoms with E-state index in [4.69, 9.17) is 0 Å². The smallest absolute Gasteiger partial charge is 0.236 e. The maximum absolute atomic E-state index is 12.5. The second kappa shape index (κ2) is 8.65. The number of nitrogens with zero attached hydrogens (tertiary/aromatic N) is 2. The fourth-order valence-electron chi connectivity index (χ4n) is 3.82. The Morgan fingerprint density at radius 3 is 2.46 bits per heavy atom. The van der Waals surface area contributed by atoms with Gasteiger partial charge in [-0.1, -0.05) is 34.1 Å². The normalized spacial score (nSPS) is 25.4. The number of piperidine rings is 1. The highest BCUT2D eigenvalue weighted by Crippen LogP contribution is 2.29. The highest BCUT2D eigenvalue weighted by atomic mass is 79.9. The summed E-state index contributed by atoms with van der Waals surface area (Å²) in [4.78, 5) is 16.6. The largest absolute Gasteiger partial charge is 0.340 e. The molecule has 2 aliphatic rings. The quantitative estimate of drug-likeness (QED) is 0.801. The van der Waals surface area contributed by atoms with Crippen molar-refractivity contribution in [3.05, 3.63) is 34.3 Å². The van der Waals surface area contributed by atoms with Crippen LogP contribution in [0.3, 0.4) is 0 Å². The SMILES string of the molecule is CN(Cc1ccccc1Br)C(=O)CN(C)C1CC2CCC(C1)N2.Cl. The monoisotopic (exact) mass is 415 g/mol. The number of benzene rings is 1. The molecule has 2 saturated heterocycles. The first-order valence-corrected chi connectivity index (χ1v) is 9.26. The summed E-state index contributed by atoms with van der Waals surface area (Å²) >= 11 is 3.55. The van der Waals surface area contributed by atoms with Crippen molar-refractivity contribution in [2.75, 3.05) is 20.6 Å². The van der Waals surface area contributed by atoms with E-state index in [2.05, 4.69) is 39.3 Å². The van der Waals surface area contributed by atoms with Crippen molar-refractivity contribution in [2.45, 2.75) is 50.4 Å². The lowest BCUT2D eigenvalue weighted by molar-refractivity contribution is -0.132. The molecule has 2 fully saturated rings. The molecule has 0 aliphatic carbocycles. The minimum Gasteiger partial charge on any atom is -0.340 e. The third kappa shape index (κ3) is 4.72. The number of hydrogen-bond acceptors (Lipinski definition) is 3. The first-order chi connectivity index (χ1) is 11.0. The van der Waals surface area contributed by atoms with Crippen LogP contribution in [0.4, 0.5) is 0 Å². The van der Waals surface area contributed by atoms with Crippen LogP contribution in [0, 0.1) is 0 Å². The van der Waals surface area contributed by atoms with E-state index in [0.717, 1.165) is 10.0 Å². The number of halogens is 2. The Balaban J connectivity index is 0.00000208. The van der Waals surface area contributed by atoms with E-state index in [1.165, 1.54) is 25.7 Å². The Kier molecular flexibility index (Phi) is 7.10. The van der Waals surface area contributed by atoms with E-state index in [9.17, 15) is 4.79 Å². The molecule has 1 aromatic carbocycles. The van der Waals surface area contributed by atoms with Gasteiger partial charge in [-0.2, -0.15) is 0 Å². The Morgan fingerprint density at radius 1 is 1.21 bits per heavy atom. The summed E-state index contributed by atoms with van der Waals surface area (Å²) in [6.45, 7) is 1.15. The zero-order valence-corrected chi connectivity index (χ0v) is 16.8. The Morgan fingerprint density at radius 2 is 1.83 bits per heavy atom. The number of fused-ring (bicyclic) bond motifs is 2. The molecule has 134 valence electrons. The van der Waals surface area contributed by atoms with Gasteiger partial charge in [0.1, 0.15) is 0 Å². The van der Waals surface area contributed by atoms with Crippen LogP contribution in [0.15, 0.2) is 28.7 Å². The molecule has 1 aromatic rings. The van der Waals surface area contributed by atoms with Crippen LogP contribution in [0.2, 0.25) is 0 Å². The van der Waals surface area contributed by atoms with Gasteiger partial charge in [0, 0.05) is 36.2 Å². The fraction of sp³-hybridized carbons (Fsp3) is 0.611. The Bertz CT molecular complexity index is 559. The second-order valence-electron chi connectivity index (χ2n) is 7.02. The molecule has 1 amide bonds. The molecule has 0 radical (unpaired) electrons. The minimum atomic E-state index is 0. The number of hydrogen-bond donors (Lipinski definition) is 1. The van der Waals surface area contributed by atoms with Gasteiger partial charge < -0.3 is 10.2 Å². The third-order valence-electron chi connectivity index (χ3n) is 5.25. The summed E-state index contributed by atoms with van der Waals surface area (Å²) < 4.78 is 1.06. The highest BCUT2D eigenvalue weighted by Gasteiger charge is 2.35. The van der Waals surface area contributed by atoms with Crippen molar-refractivity contribution >= 4 is 34.2 Å². The maximum atomic E-state index is 12.5. The average Bonchev–Trinajstić information content (AvgIpc) is 2.87. The number of rotatable bonds is 5. The van der Waals surface area contributed by atoms with Crippen LogP contribution in [-0.4, -0.2) is 54.5 Å². The van der Waals surface area contributed by atoms with Crippen molar-refractivity contribution in [1.29, 1.82) is 0 Å². The van der Waals surface area contributed by atoms with Gasteiger partial charge in [-0.15, -0.1) is 12.4 Å². The first kappa shape index (κ1) is 19.7. The third-order valence-corrected chi connectivity index (χ3v) is 6.02. The van der Waals surface area contributed by atoms with Crippen molar-refractivity contribution in [1.82, 2.24) is 15.1 Å². The molecular formula is C18H27BrClN3O. The van der Waals surface area contributed by atoms with E-state index in [-0.39, 0.29) is 18.3 Å². The van der Waals surface area contributed by atoms with Crippen LogP contribution in [0.25, 0.3) is 0 Å². The summed E-state index contributed by atoms with van der Waals surface area (Å²) in [7, 11) is 3.99. The molecular weight excluding hydrogens is 390 g/mol. The van der Waals surface area contributed by atoms with Gasteiger partial charge in [0.2, 0.25) is 5.91 Å². The lowest BCUT2D eigenvalue weighted by atomic mass is 9.98. The molecule has 0 aromatic heterocycles. The molecule has 2 unspecified atom stereocenters. The molecule has 24 heavy (non-hydrogen) atoms. The van der Waals surface area contributed by atoms with E-state index in [1.54, 1.807) is 0 Å². The van der Waals surface area contributed by atoms with Gasteiger partial charge >= 0.3 is 0 Å². The van der Waals surface area contributed by atoms with E-state index in [1.807, 2.05) is 30.1 Å². The zero-order chi connectivity index (χ0) is 16.4. The standard InChI is InChI=1S/C18H26BrN3O.ClH/c1-21(16-9-14-7-8-15(10-16)20-14)12-18(23)22(2)11-13-5-3-4-6-17(13)19;/h3-6,14-16,20H,7-12H2,1-2H3;1H. The molecule has 2 aliphatic heterocycles. The van der Waals surface area contributed by atoms with Crippen molar-refractivity contribution in [3.8, 4) is 0 Å². The number of nitrogens with one attached hydrogen (secondary N) is 1. The van der Waals surface area contributed by atoms with Crippen LogP contribution in [0.5, 0.6) is 0 Å². The molecule has 4 nitrogen and oxygen atoms in total. The summed E-state index contributed by atoms with van der Waals surface area (Å²) in [6.07, 6.45) is 4.94. The Hall–Kier alpha value is -0.620. The molecule has 2 atom stereocenters. The predicted molar refractivity (Wildman–Crippen MR) is 103 cm³/mol. The molecule has 2 heterocycles. The van der Waals surface area contributed by atoms with Crippen LogP contribution >= 0.6 is 28.3 Å². The van der Waals surface area contributed by atoms with E-state index >= 15 is 0 Å². The number of likely N-dealkylation sites (N-methyl/N-ethyl adjacent to an activating group) is 2. The molecule has 2 bridgehead atoms. The molecule has 1 N–H and O–H groups in total. The second-order valence-corrected chi connectivity index (χ2v) is 7.87. The highest BCUT2D eigenvalue weighted by molar-refractivity contribution is 9.10. The number of carbonyl (C=O) groups is 1. The topological polar surface area (TPSA) is 35.6 Å². The van der Waals surface area contributed by atoms with E-state index < -0.39 is 0 Å². The summed E-state index contributed by atoms with van der Waals surface area (Å²) in [6, 6.07) is 9.94. The summed E-state index contributed by atoms with van der Waals surface area (Å²) in [5, 5.41) is 3.66. The van der Waals surface area contributed by atoms with Crippen LogP contribution < -0.4 is 5.32 Å². The number of amides is 1. The molecule has 3 rings (SSSR count). The first-order valence-electron chi connectivity index (χ1n) is 8.46. The van der Waals surface area contributed by atoms with Gasteiger partial charge in [0.15, 0.2) is 0 Å². The zero-order valence-electron chi connectivity index (χ0n) is 14.4. The molecule has 0 spiro atoms. The van der Waals surface area contributed by atoms with Crippen molar-refractivity contribution in [2.24, 2.45) is 0 Å². The van der Waals surface area contributed by atoms with Gasteiger partial charge in [-0.3, -0.25) is 9.69 Å². The lowest BCUT2D eigenvalue weighted by Gasteiger charge is -2.35. The summed E-state index contributed by atoms with van der Waals surface area (Å²) in [5.41, 5.74) is 1.14. The predicted octanol–water partition coefficient (Wildman–Crippen LogP) is 3.04. The van der Waals surface area contributed by atoms with Gasteiger partial charge in [0.05, 0.1) is 6.54 Å². The summed E-state index contributed by atoms with van der Waals surface area (Å²) in [5.74, 6) is 0.189. The van der Waals surface area contributed by atoms with Crippen molar-refractivity contribution in [3.63, 3.8) is 0 Å². The fourth-order valence-corrected chi connectivity index (χ4v) is 4.23. The molecule has 6 heteroatoms. The van der Waals surface area contributed by atoms with Crippen LogP contribution in [0.1, 0.15) is 31.2 Å². The average molecular weight is 417 g/mol. The van der Waals surface area contributed by atoms with Gasteiger partial charge in [-0.25, -0.2) is 0 Å². The molecule has 0 saturated carbocycles. The van der Waals surface area contributed by atoms with Crippen molar-refractivity contribution < 1.29 is 4.79 Å². The number of carbonyl (C=O) groups excluding carboxylic acids is 1. The lowest BCUT2D eigenvalue weighted by Crippen LogP contribution is -2.49. The van der Waals surface area contributed by atoms with Crippen LogP contribution in [-0.2, 0) is 11.3 Å².